The van der Waals surface area contributed by atoms with Crippen LogP contribution in [-0.4, -0.2) is 15.3 Å². The molecule has 0 spiro atoms. The van der Waals surface area contributed by atoms with Crippen molar-refractivity contribution in [1.82, 2.24) is 9.55 Å². The van der Waals surface area contributed by atoms with Gasteiger partial charge >= 0.3 is 0 Å². The van der Waals surface area contributed by atoms with Crippen molar-refractivity contribution in [3.8, 4) is 0 Å². The molecule has 0 amide bonds. The van der Waals surface area contributed by atoms with E-state index in [1.165, 1.54) is 17.5 Å². The molecule has 0 N–H and O–H groups in total. The van der Waals surface area contributed by atoms with Crippen molar-refractivity contribution in [2.75, 3.05) is 0 Å². The average molecular weight is 227 g/mol. The van der Waals surface area contributed by atoms with Gasteiger partial charge in [-0.3, -0.25) is 4.79 Å². The fraction of sp³-hybridized carbons (Fsp3) is 0.111. The molecular weight excluding hydrogens is 220 g/mol. The predicted octanol–water partition coefficient (Wildman–Crippen LogP) is 2.37. The molecule has 2 rings (SSSR count). The summed E-state index contributed by atoms with van der Waals surface area (Å²) >= 11 is 7.22. The van der Waals surface area contributed by atoms with E-state index >= 15 is 0 Å². The summed E-state index contributed by atoms with van der Waals surface area (Å²) in [5.41, 5.74) is 1.09. The summed E-state index contributed by atoms with van der Waals surface area (Å²) in [5, 5.41) is 1.80. The zero-order valence-electron chi connectivity index (χ0n) is 7.40. The number of hydrogen-bond donors (Lipinski definition) is 0. The summed E-state index contributed by atoms with van der Waals surface area (Å²) < 4.78 is 2.20. The SMILES string of the molecule is Cn1cncc1C(=O)c1ccsc1Cl. The molecule has 0 aliphatic heterocycles. The number of aryl methyl sites for hydroxylation is 1. The van der Waals surface area contributed by atoms with Gasteiger partial charge in [0.15, 0.2) is 0 Å². The van der Waals surface area contributed by atoms with Crippen LogP contribution in [0.5, 0.6) is 0 Å². The third-order valence-corrected chi connectivity index (χ3v) is 3.08. The Balaban J connectivity index is 2.44. The van der Waals surface area contributed by atoms with E-state index in [0.717, 1.165) is 0 Å². The fourth-order valence-electron chi connectivity index (χ4n) is 1.17. The van der Waals surface area contributed by atoms with Gasteiger partial charge in [0, 0.05) is 7.05 Å². The summed E-state index contributed by atoms with van der Waals surface area (Å²) in [7, 11) is 1.78. The van der Waals surface area contributed by atoms with Crippen molar-refractivity contribution < 1.29 is 4.79 Å². The molecule has 0 aliphatic rings. The van der Waals surface area contributed by atoms with E-state index < -0.39 is 0 Å². The van der Waals surface area contributed by atoms with Crippen molar-refractivity contribution in [2.45, 2.75) is 0 Å². The molecule has 2 aromatic heterocycles. The molecule has 14 heavy (non-hydrogen) atoms. The minimum absolute atomic E-state index is 0.0868. The lowest BCUT2D eigenvalue weighted by Gasteiger charge is -1.99. The fourth-order valence-corrected chi connectivity index (χ4v) is 2.08. The number of thiophene rings is 1. The Morgan fingerprint density at radius 3 is 2.93 bits per heavy atom. The zero-order valence-corrected chi connectivity index (χ0v) is 8.97. The lowest BCUT2D eigenvalue weighted by molar-refractivity contribution is 0.103. The molecule has 2 aromatic rings. The van der Waals surface area contributed by atoms with Gasteiger partial charge in [-0.25, -0.2) is 4.98 Å². The molecule has 0 saturated heterocycles. The number of hydrogen-bond acceptors (Lipinski definition) is 3. The topological polar surface area (TPSA) is 34.9 Å². The normalized spacial score (nSPS) is 10.4. The van der Waals surface area contributed by atoms with Crippen LogP contribution in [-0.2, 0) is 7.05 Å². The molecule has 3 nitrogen and oxygen atoms in total. The third kappa shape index (κ3) is 1.47. The highest BCUT2D eigenvalue weighted by Gasteiger charge is 2.16. The quantitative estimate of drug-likeness (QED) is 0.737. The molecule has 5 heteroatoms. The van der Waals surface area contributed by atoms with E-state index in [0.29, 0.717) is 15.6 Å². The second-order valence-corrected chi connectivity index (χ2v) is 4.35. The van der Waals surface area contributed by atoms with Gasteiger partial charge in [-0.15, -0.1) is 11.3 Å². The number of imidazole rings is 1. The second kappa shape index (κ2) is 3.55. The minimum Gasteiger partial charge on any atom is -0.331 e. The van der Waals surface area contributed by atoms with Gasteiger partial charge in [0.1, 0.15) is 10.0 Å². The summed E-state index contributed by atoms with van der Waals surface area (Å²) in [4.78, 5) is 15.8. The molecule has 0 saturated carbocycles. The highest BCUT2D eigenvalue weighted by atomic mass is 35.5. The number of carbonyl (C=O) groups is 1. The van der Waals surface area contributed by atoms with Crippen molar-refractivity contribution in [1.29, 1.82) is 0 Å². The lowest BCUT2D eigenvalue weighted by Crippen LogP contribution is -2.05. The number of halogens is 1. The maximum atomic E-state index is 11.9. The monoisotopic (exact) mass is 226 g/mol. The van der Waals surface area contributed by atoms with Crippen LogP contribution in [0.3, 0.4) is 0 Å². The van der Waals surface area contributed by atoms with Crippen LogP contribution in [0.25, 0.3) is 0 Å². The molecule has 0 atom stereocenters. The Morgan fingerprint density at radius 2 is 2.43 bits per heavy atom. The van der Waals surface area contributed by atoms with Gasteiger partial charge in [-0.05, 0) is 11.4 Å². The Hall–Kier alpha value is -1.13. The summed E-state index contributed by atoms with van der Waals surface area (Å²) in [6, 6.07) is 1.72. The summed E-state index contributed by atoms with van der Waals surface area (Å²) in [6.45, 7) is 0. The van der Waals surface area contributed by atoms with Crippen LogP contribution >= 0.6 is 22.9 Å². The highest BCUT2D eigenvalue weighted by molar-refractivity contribution is 7.14. The lowest BCUT2D eigenvalue weighted by atomic mass is 10.2. The number of aromatic nitrogens is 2. The standard InChI is InChI=1S/C9H7ClN2OS/c1-12-5-11-4-7(12)8(13)6-2-3-14-9(6)10/h2-5H,1H3. The molecule has 0 aliphatic carbocycles. The molecular formula is C9H7ClN2OS. The van der Waals surface area contributed by atoms with Crippen molar-refractivity contribution in [3.63, 3.8) is 0 Å². The molecule has 0 radical (unpaired) electrons. The summed E-state index contributed by atoms with van der Waals surface area (Å²) in [6.07, 6.45) is 3.13. The first-order valence-corrected chi connectivity index (χ1v) is 5.20. The van der Waals surface area contributed by atoms with E-state index in [1.807, 2.05) is 0 Å². The van der Waals surface area contributed by atoms with E-state index in [1.54, 1.807) is 29.4 Å². The van der Waals surface area contributed by atoms with E-state index in [-0.39, 0.29) is 5.78 Å². The maximum absolute atomic E-state index is 11.9. The first-order chi connectivity index (χ1) is 6.70. The maximum Gasteiger partial charge on any atom is 0.213 e. The Labute approximate surface area is 90.0 Å². The van der Waals surface area contributed by atoms with Crippen LogP contribution in [0.2, 0.25) is 4.34 Å². The van der Waals surface area contributed by atoms with Crippen LogP contribution in [0, 0.1) is 0 Å². The number of carbonyl (C=O) groups excluding carboxylic acids is 1. The molecule has 0 bridgehead atoms. The third-order valence-electron chi connectivity index (χ3n) is 1.91. The van der Waals surface area contributed by atoms with E-state index in [4.69, 9.17) is 11.6 Å². The largest absolute Gasteiger partial charge is 0.331 e. The summed E-state index contributed by atoms with van der Waals surface area (Å²) in [5.74, 6) is -0.0868. The van der Waals surface area contributed by atoms with Gasteiger partial charge < -0.3 is 4.57 Å². The number of nitrogens with zero attached hydrogens (tertiary/aromatic N) is 2. The Bertz CT molecular complexity index is 432. The number of rotatable bonds is 2. The first-order valence-electron chi connectivity index (χ1n) is 3.94. The van der Waals surface area contributed by atoms with Crippen molar-refractivity contribution >= 4 is 28.7 Å². The van der Waals surface area contributed by atoms with Crippen LogP contribution < -0.4 is 0 Å². The average Bonchev–Trinajstić information content (AvgIpc) is 2.73. The first kappa shape index (κ1) is 9.43. The smallest absolute Gasteiger partial charge is 0.213 e. The van der Waals surface area contributed by atoms with E-state index in [2.05, 4.69) is 4.98 Å². The van der Waals surface area contributed by atoms with Gasteiger partial charge in [-0.2, -0.15) is 0 Å². The Kier molecular flexibility index (Phi) is 2.39. The van der Waals surface area contributed by atoms with Crippen molar-refractivity contribution in [3.05, 3.63) is 39.6 Å². The van der Waals surface area contributed by atoms with Crippen LogP contribution in [0.4, 0.5) is 0 Å². The minimum atomic E-state index is -0.0868. The molecule has 0 fully saturated rings. The highest BCUT2D eigenvalue weighted by Crippen LogP contribution is 2.24. The van der Waals surface area contributed by atoms with Crippen LogP contribution in [0.1, 0.15) is 16.1 Å². The second-order valence-electron chi connectivity index (χ2n) is 2.83. The van der Waals surface area contributed by atoms with Gasteiger partial charge in [0.2, 0.25) is 5.78 Å². The molecule has 0 unspecified atom stereocenters. The van der Waals surface area contributed by atoms with Gasteiger partial charge in [0.05, 0.1) is 18.1 Å². The van der Waals surface area contributed by atoms with Crippen LogP contribution in [0.15, 0.2) is 24.0 Å². The van der Waals surface area contributed by atoms with E-state index in [9.17, 15) is 4.79 Å². The van der Waals surface area contributed by atoms with Gasteiger partial charge in [0.25, 0.3) is 0 Å². The van der Waals surface area contributed by atoms with Crippen molar-refractivity contribution in [2.24, 2.45) is 7.05 Å². The molecule has 0 aromatic carbocycles. The Morgan fingerprint density at radius 1 is 1.64 bits per heavy atom. The van der Waals surface area contributed by atoms with Gasteiger partial charge in [-0.1, -0.05) is 11.6 Å². The predicted molar refractivity (Wildman–Crippen MR) is 56.0 cm³/mol. The zero-order chi connectivity index (χ0) is 10.1. The molecule has 72 valence electrons. The number of ketones is 1. The molecule has 2 heterocycles.